The average Bonchev–Trinajstić information content (AvgIpc) is 3.00. The number of benzene rings is 1. The molecule has 0 bridgehead atoms. The van der Waals surface area contributed by atoms with Crippen LogP contribution in [0.4, 0.5) is 0 Å². The minimum Gasteiger partial charge on any atom is -0.463 e. The average molecular weight is 433 g/mol. The van der Waals surface area contributed by atoms with Crippen LogP contribution in [-0.4, -0.2) is 45.7 Å². The van der Waals surface area contributed by atoms with Gasteiger partial charge in [-0.2, -0.15) is 0 Å². The maximum Gasteiger partial charge on any atom is 0.306 e. The van der Waals surface area contributed by atoms with Crippen LogP contribution in [0.5, 0.6) is 0 Å². The molecule has 1 aliphatic rings. The van der Waals surface area contributed by atoms with Crippen LogP contribution in [0.25, 0.3) is 0 Å². The second-order valence-electron chi connectivity index (χ2n) is 9.09. The molecule has 0 aliphatic heterocycles. The number of carbonyl (C=O) groups is 1. The maximum atomic E-state index is 11.5. The van der Waals surface area contributed by atoms with Crippen molar-refractivity contribution in [1.82, 2.24) is 0 Å². The molecular weight excluding hydrogens is 392 g/mol. The van der Waals surface area contributed by atoms with Crippen LogP contribution in [0.3, 0.4) is 0 Å². The second kappa shape index (κ2) is 13.7. The molecule has 0 aromatic heterocycles. The SMILES string of the molecule is CC(C)OC(=O)CCC/C=C/C[C@H]1[C@@H](CC[C@H](O)CCc2ccccc2)[C@H](O)C[C@@H]1O. The van der Waals surface area contributed by atoms with Crippen LogP contribution in [0.2, 0.25) is 0 Å². The van der Waals surface area contributed by atoms with Crippen molar-refractivity contribution < 1.29 is 24.9 Å². The molecule has 5 nitrogen and oxygen atoms in total. The van der Waals surface area contributed by atoms with Crippen molar-refractivity contribution in [1.29, 1.82) is 0 Å². The van der Waals surface area contributed by atoms with Crippen molar-refractivity contribution in [3.63, 3.8) is 0 Å². The Kier molecular flexibility index (Phi) is 11.3. The van der Waals surface area contributed by atoms with Gasteiger partial charge in [0.25, 0.3) is 0 Å². The Morgan fingerprint density at radius 2 is 1.81 bits per heavy atom. The van der Waals surface area contributed by atoms with Crippen LogP contribution in [0, 0.1) is 11.8 Å². The zero-order valence-corrected chi connectivity index (χ0v) is 19.0. The standard InChI is InChI=1S/C26H40O5/c1-19(2)31-26(30)13-9-4-3-8-12-22-23(25(29)18-24(22)28)17-16-21(27)15-14-20-10-6-5-7-11-20/h3,5-8,10-11,19,21-25,27-29H,4,9,12-18H2,1-2H3/b8-3+/t21-,22+,23-,24+,25-/m1/s1. The first-order valence-corrected chi connectivity index (χ1v) is 11.8. The summed E-state index contributed by atoms with van der Waals surface area (Å²) in [4.78, 5) is 11.5. The molecule has 0 unspecified atom stereocenters. The molecule has 5 atom stereocenters. The van der Waals surface area contributed by atoms with Gasteiger partial charge < -0.3 is 20.1 Å². The van der Waals surface area contributed by atoms with Crippen LogP contribution in [0.1, 0.15) is 70.8 Å². The number of aliphatic hydroxyl groups excluding tert-OH is 3. The van der Waals surface area contributed by atoms with Gasteiger partial charge in [0.1, 0.15) is 0 Å². The Morgan fingerprint density at radius 3 is 2.52 bits per heavy atom. The maximum absolute atomic E-state index is 11.5. The van der Waals surface area contributed by atoms with E-state index < -0.39 is 18.3 Å². The summed E-state index contributed by atoms with van der Waals surface area (Å²) in [6, 6.07) is 10.1. The van der Waals surface area contributed by atoms with Gasteiger partial charge in [0.15, 0.2) is 0 Å². The minimum atomic E-state index is -0.513. The van der Waals surface area contributed by atoms with Crippen molar-refractivity contribution in [3.05, 3.63) is 48.0 Å². The molecule has 0 saturated heterocycles. The highest BCUT2D eigenvalue weighted by atomic mass is 16.5. The largest absolute Gasteiger partial charge is 0.463 e. The first-order valence-electron chi connectivity index (χ1n) is 11.8. The minimum absolute atomic E-state index is 0.00652. The molecule has 1 saturated carbocycles. The van der Waals surface area contributed by atoms with Gasteiger partial charge in [-0.3, -0.25) is 4.79 Å². The topological polar surface area (TPSA) is 87.0 Å². The number of aryl methyl sites for hydroxylation is 1. The molecular formula is C26H40O5. The normalized spacial score (nSPS) is 24.7. The summed E-state index contributed by atoms with van der Waals surface area (Å²) in [5, 5.41) is 31.2. The molecule has 5 heteroatoms. The second-order valence-corrected chi connectivity index (χ2v) is 9.09. The summed E-state index contributed by atoms with van der Waals surface area (Å²) in [5.74, 6) is -0.144. The lowest BCUT2D eigenvalue weighted by molar-refractivity contribution is -0.147. The molecule has 3 N–H and O–H groups in total. The summed E-state index contributed by atoms with van der Waals surface area (Å²) in [7, 11) is 0. The van der Waals surface area contributed by atoms with Crippen LogP contribution in [0.15, 0.2) is 42.5 Å². The van der Waals surface area contributed by atoms with Crippen molar-refractivity contribution in [2.75, 3.05) is 0 Å². The third-order valence-electron chi connectivity index (χ3n) is 6.16. The van der Waals surface area contributed by atoms with E-state index in [1.165, 1.54) is 5.56 Å². The van der Waals surface area contributed by atoms with Crippen molar-refractivity contribution in [2.45, 2.75) is 96.1 Å². The Bertz CT molecular complexity index is 657. The molecule has 174 valence electrons. The predicted molar refractivity (Wildman–Crippen MR) is 122 cm³/mol. The number of esters is 1. The quantitative estimate of drug-likeness (QED) is 0.247. The molecule has 1 aliphatic carbocycles. The van der Waals surface area contributed by atoms with Crippen LogP contribution < -0.4 is 0 Å². The predicted octanol–water partition coefficient (Wildman–Crippen LogP) is 4.19. The molecule has 0 heterocycles. The number of ether oxygens (including phenoxy) is 1. The Labute approximate surface area is 187 Å². The molecule has 0 spiro atoms. The van der Waals surface area contributed by atoms with Gasteiger partial charge in [0.05, 0.1) is 24.4 Å². The molecule has 1 aromatic rings. The summed E-state index contributed by atoms with van der Waals surface area (Å²) in [6.07, 6.45) is 8.58. The van der Waals surface area contributed by atoms with E-state index >= 15 is 0 Å². The van der Waals surface area contributed by atoms with Gasteiger partial charge in [0, 0.05) is 6.42 Å². The molecule has 0 radical (unpaired) electrons. The monoisotopic (exact) mass is 432 g/mol. The van der Waals surface area contributed by atoms with E-state index in [0.717, 1.165) is 19.3 Å². The van der Waals surface area contributed by atoms with Gasteiger partial charge >= 0.3 is 5.97 Å². The first-order chi connectivity index (χ1) is 14.9. The molecule has 0 amide bonds. The van der Waals surface area contributed by atoms with Crippen LogP contribution in [-0.2, 0) is 16.0 Å². The van der Waals surface area contributed by atoms with Gasteiger partial charge in [0.2, 0.25) is 0 Å². The number of allylic oxidation sites excluding steroid dienone is 2. The zero-order valence-electron chi connectivity index (χ0n) is 19.0. The van der Waals surface area contributed by atoms with E-state index in [0.29, 0.717) is 38.5 Å². The lowest BCUT2D eigenvalue weighted by Gasteiger charge is -2.23. The fraction of sp³-hybridized carbons (Fsp3) is 0.654. The number of rotatable bonds is 13. The Morgan fingerprint density at radius 1 is 1.10 bits per heavy atom. The smallest absolute Gasteiger partial charge is 0.306 e. The van der Waals surface area contributed by atoms with E-state index in [1.54, 1.807) is 0 Å². The lowest BCUT2D eigenvalue weighted by Crippen LogP contribution is -2.23. The molecule has 31 heavy (non-hydrogen) atoms. The van der Waals surface area contributed by atoms with Gasteiger partial charge in [-0.05, 0) is 82.6 Å². The fourth-order valence-corrected chi connectivity index (χ4v) is 4.47. The van der Waals surface area contributed by atoms with Crippen molar-refractivity contribution in [2.24, 2.45) is 11.8 Å². The van der Waals surface area contributed by atoms with Crippen LogP contribution >= 0.6 is 0 Å². The first kappa shape index (κ1) is 25.6. The zero-order chi connectivity index (χ0) is 22.6. The van der Waals surface area contributed by atoms with E-state index in [2.05, 4.69) is 18.2 Å². The third-order valence-corrected chi connectivity index (χ3v) is 6.16. The van der Waals surface area contributed by atoms with E-state index in [4.69, 9.17) is 4.74 Å². The number of hydrogen-bond acceptors (Lipinski definition) is 5. The summed E-state index contributed by atoms with van der Waals surface area (Å²) >= 11 is 0. The number of unbranched alkanes of at least 4 members (excludes halogenated alkanes) is 1. The van der Waals surface area contributed by atoms with Gasteiger partial charge in [-0.15, -0.1) is 0 Å². The Hall–Kier alpha value is -1.69. The highest BCUT2D eigenvalue weighted by Gasteiger charge is 2.40. The third kappa shape index (κ3) is 9.55. The molecule has 1 fully saturated rings. The van der Waals surface area contributed by atoms with E-state index in [9.17, 15) is 20.1 Å². The number of hydrogen-bond donors (Lipinski definition) is 3. The van der Waals surface area contributed by atoms with Gasteiger partial charge in [-0.1, -0.05) is 42.5 Å². The summed E-state index contributed by atoms with van der Waals surface area (Å²) in [5.41, 5.74) is 1.22. The lowest BCUT2D eigenvalue weighted by atomic mass is 9.85. The summed E-state index contributed by atoms with van der Waals surface area (Å²) < 4.78 is 5.12. The highest BCUT2D eigenvalue weighted by molar-refractivity contribution is 5.69. The van der Waals surface area contributed by atoms with Crippen molar-refractivity contribution in [3.8, 4) is 0 Å². The highest BCUT2D eigenvalue weighted by Crippen LogP contribution is 2.38. The number of carbonyl (C=O) groups excluding carboxylic acids is 1. The van der Waals surface area contributed by atoms with Crippen molar-refractivity contribution >= 4 is 5.97 Å². The summed E-state index contributed by atoms with van der Waals surface area (Å²) in [6.45, 7) is 3.69. The van der Waals surface area contributed by atoms with Gasteiger partial charge in [-0.25, -0.2) is 0 Å². The molecule has 2 rings (SSSR count). The van der Waals surface area contributed by atoms with E-state index in [-0.39, 0.29) is 23.9 Å². The molecule has 1 aromatic carbocycles. The fourth-order valence-electron chi connectivity index (χ4n) is 4.47. The number of aliphatic hydroxyl groups is 3. The Balaban J connectivity index is 1.70. The van der Waals surface area contributed by atoms with E-state index in [1.807, 2.05) is 38.1 Å².